The van der Waals surface area contributed by atoms with Crippen LogP contribution in [0.4, 0.5) is 4.39 Å². The summed E-state index contributed by atoms with van der Waals surface area (Å²) in [6.45, 7) is 11.5. The van der Waals surface area contributed by atoms with Crippen molar-refractivity contribution in [1.82, 2.24) is 4.98 Å². The van der Waals surface area contributed by atoms with Gasteiger partial charge >= 0.3 is 7.12 Å². The zero-order valence-corrected chi connectivity index (χ0v) is 13.0. The smallest absolute Gasteiger partial charge is 0.400 e. The zero-order chi connectivity index (χ0) is 15.1. The Kier molecular flexibility index (Phi) is 3.78. The predicted octanol–water partition coefficient (Wildman–Crippen LogP) is 3.48. The van der Waals surface area contributed by atoms with Gasteiger partial charge in [-0.15, -0.1) is 0 Å². The lowest BCUT2D eigenvalue weighted by molar-refractivity contribution is 0.00578. The number of aryl methyl sites for hydroxylation is 2. The van der Waals surface area contributed by atoms with Crippen molar-refractivity contribution in [1.29, 1.82) is 0 Å². The fraction of sp³-hybridized carbons (Fsp3) is 0.533. The molecule has 1 aliphatic heterocycles. The summed E-state index contributed by atoms with van der Waals surface area (Å²) in [5, 5.41) is 0. The maximum Gasteiger partial charge on any atom is 0.487 e. The van der Waals surface area contributed by atoms with E-state index in [0.717, 1.165) is 5.69 Å². The molecular formula is C15H21BFNO2. The van der Waals surface area contributed by atoms with E-state index in [1.54, 1.807) is 25.0 Å². The van der Waals surface area contributed by atoms with Gasteiger partial charge < -0.3 is 9.31 Å². The molecule has 1 fully saturated rings. The van der Waals surface area contributed by atoms with Crippen molar-refractivity contribution in [2.75, 3.05) is 0 Å². The van der Waals surface area contributed by atoms with Crippen molar-refractivity contribution >= 4 is 13.2 Å². The highest BCUT2D eigenvalue weighted by molar-refractivity contribution is 6.52. The van der Waals surface area contributed by atoms with Crippen LogP contribution in [-0.4, -0.2) is 23.3 Å². The summed E-state index contributed by atoms with van der Waals surface area (Å²) >= 11 is 0. The molecule has 0 N–H and O–H groups in total. The van der Waals surface area contributed by atoms with Crippen molar-refractivity contribution in [2.24, 2.45) is 0 Å². The van der Waals surface area contributed by atoms with Gasteiger partial charge in [-0.1, -0.05) is 12.1 Å². The molecule has 1 aromatic rings. The summed E-state index contributed by atoms with van der Waals surface area (Å²) in [4.78, 5) is 4.09. The molecular weight excluding hydrogens is 256 g/mol. The van der Waals surface area contributed by atoms with Crippen LogP contribution in [0.5, 0.6) is 0 Å². The molecule has 0 saturated carbocycles. The molecule has 0 aliphatic carbocycles. The summed E-state index contributed by atoms with van der Waals surface area (Å²) in [5.74, 6) is 1.44. The van der Waals surface area contributed by atoms with Gasteiger partial charge in [-0.3, -0.25) is 4.98 Å². The maximum absolute atomic E-state index is 14.0. The van der Waals surface area contributed by atoms with E-state index in [-0.39, 0.29) is 17.0 Å². The molecule has 1 aromatic heterocycles. The summed E-state index contributed by atoms with van der Waals surface area (Å²) in [6, 6.07) is 1.71. The Morgan fingerprint density at radius 3 is 2.25 bits per heavy atom. The molecule has 1 aliphatic rings. The molecule has 0 unspecified atom stereocenters. The van der Waals surface area contributed by atoms with Gasteiger partial charge in [0, 0.05) is 11.3 Å². The number of nitrogens with zero attached hydrogens (tertiary/aromatic N) is 1. The van der Waals surface area contributed by atoms with Gasteiger partial charge in [-0.25, -0.2) is 4.39 Å². The van der Waals surface area contributed by atoms with E-state index in [1.807, 2.05) is 34.6 Å². The quantitative estimate of drug-likeness (QED) is 0.775. The molecule has 0 bridgehead atoms. The van der Waals surface area contributed by atoms with E-state index in [1.165, 1.54) is 0 Å². The number of hydrogen-bond acceptors (Lipinski definition) is 3. The predicted molar refractivity (Wildman–Crippen MR) is 78.8 cm³/mol. The van der Waals surface area contributed by atoms with Crippen LogP contribution in [0.1, 0.15) is 44.6 Å². The second-order valence-electron chi connectivity index (χ2n) is 6.24. The van der Waals surface area contributed by atoms with Crippen molar-refractivity contribution < 1.29 is 13.7 Å². The Bertz CT molecular complexity index is 539. The fourth-order valence-corrected chi connectivity index (χ4v) is 2.11. The van der Waals surface area contributed by atoms with Crippen molar-refractivity contribution in [3.63, 3.8) is 0 Å². The molecule has 1 saturated heterocycles. The van der Waals surface area contributed by atoms with Crippen LogP contribution < -0.4 is 0 Å². The van der Waals surface area contributed by atoms with Gasteiger partial charge in [-0.05, 0) is 47.6 Å². The molecule has 0 atom stereocenters. The second kappa shape index (κ2) is 4.97. The standard InChI is InChI=1S/C15H21BFNO2/c1-10-9-12(13(17)11(2)18-10)7-8-16-19-14(3,4)15(5,6)20-16/h7-9H,1-6H3/b8-7+. The van der Waals surface area contributed by atoms with Crippen LogP contribution in [0.3, 0.4) is 0 Å². The highest BCUT2D eigenvalue weighted by Gasteiger charge is 2.50. The van der Waals surface area contributed by atoms with Gasteiger partial charge in [0.1, 0.15) is 0 Å². The molecule has 0 amide bonds. The molecule has 0 aromatic carbocycles. The topological polar surface area (TPSA) is 31.4 Å². The molecule has 0 radical (unpaired) electrons. The lowest BCUT2D eigenvalue weighted by Gasteiger charge is -2.32. The van der Waals surface area contributed by atoms with E-state index in [2.05, 4.69) is 4.98 Å². The third-order valence-electron chi connectivity index (χ3n) is 3.98. The van der Waals surface area contributed by atoms with Gasteiger partial charge in [0.05, 0.1) is 16.9 Å². The average molecular weight is 277 g/mol. The van der Waals surface area contributed by atoms with Crippen molar-refractivity contribution in [3.8, 4) is 0 Å². The van der Waals surface area contributed by atoms with E-state index in [9.17, 15) is 4.39 Å². The molecule has 2 rings (SSSR count). The molecule has 5 heteroatoms. The van der Waals surface area contributed by atoms with Crippen LogP contribution in [0.2, 0.25) is 0 Å². The number of pyridine rings is 1. The Morgan fingerprint density at radius 2 is 1.70 bits per heavy atom. The van der Waals surface area contributed by atoms with Crippen molar-refractivity contribution in [2.45, 2.75) is 52.7 Å². The van der Waals surface area contributed by atoms with Crippen molar-refractivity contribution in [3.05, 3.63) is 34.8 Å². The summed E-state index contributed by atoms with van der Waals surface area (Å²) in [7, 11) is -0.465. The maximum atomic E-state index is 14.0. The molecule has 3 nitrogen and oxygen atoms in total. The normalized spacial score (nSPS) is 20.9. The van der Waals surface area contributed by atoms with Crippen LogP contribution in [0, 0.1) is 19.7 Å². The van der Waals surface area contributed by atoms with Crippen LogP contribution >= 0.6 is 0 Å². The van der Waals surface area contributed by atoms with E-state index in [4.69, 9.17) is 9.31 Å². The van der Waals surface area contributed by atoms with E-state index in [0.29, 0.717) is 11.3 Å². The Labute approximate surface area is 120 Å². The number of hydrogen-bond donors (Lipinski definition) is 0. The number of aromatic nitrogens is 1. The summed E-state index contributed by atoms with van der Waals surface area (Å²) in [5.41, 5.74) is 0.927. The first-order valence-electron chi connectivity index (χ1n) is 6.80. The molecule has 0 spiro atoms. The molecule has 2 heterocycles. The first-order valence-corrected chi connectivity index (χ1v) is 6.80. The second-order valence-corrected chi connectivity index (χ2v) is 6.24. The number of rotatable bonds is 2. The minimum atomic E-state index is -0.465. The van der Waals surface area contributed by atoms with Crippen LogP contribution in [0.25, 0.3) is 6.08 Å². The summed E-state index contributed by atoms with van der Waals surface area (Å²) < 4.78 is 25.6. The highest BCUT2D eigenvalue weighted by Crippen LogP contribution is 2.37. The van der Waals surface area contributed by atoms with Crippen LogP contribution in [0.15, 0.2) is 12.0 Å². The first kappa shape index (κ1) is 15.2. The highest BCUT2D eigenvalue weighted by atomic mass is 19.1. The SMILES string of the molecule is Cc1cc(/C=C/B2OC(C)(C)C(C)(C)O2)c(F)c(C)n1. The minimum absolute atomic E-state index is 0.302. The minimum Gasteiger partial charge on any atom is -0.400 e. The fourth-order valence-electron chi connectivity index (χ4n) is 2.11. The van der Waals surface area contributed by atoms with E-state index >= 15 is 0 Å². The largest absolute Gasteiger partial charge is 0.487 e. The lowest BCUT2D eigenvalue weighted by atomic mass is 9.89. The summed E-state index contributed by atoms with van der Waals surface area (Å²) in [6.07, 6.45) is 1.69. The zero-order valence-electron chi connectivity index (χ0n) is 13.0. The monoisotopic (exact) mass is 277 g/mol. The molecule has 108 valence electrons. The lowest BCUT2D eigenvalue weighted by Crippen LogP contribution is -2.41. The van der Waals surface area contributed by atoms with Crippen LogP contribution in [-0.2, 0) is 9.31 Å². The van der Waals surface area contributed by atoms with Gasteiger partial charge in [0.15, 0.2) is 5.82 Å². The molecule has 20 heavy (non-hydrogen) atoms. The van der Waals surface area contributed by atoms with Gasteiger partial charge in [0.25, 0.3) is 0 Å². The Balaban J connectivity index is 2.20. The number of halogens is 1. The van der Waals surface area contributed by atoms with E-state index < -0.39 is 7.12 Å². The van der Waals surface area contributed by atoms with Gasteiger partial charge in [-0.2, -0.15) is 0 Å². The third-order valence-corrected chi connectivity index (χ3v) is 3.98. The Morgan fingerprint density at radius 1 is 1.15 bits per heavy atom. The Hall–Kier alpha value is -1.20. The average Bonchev–Trinajstić information content (AvgIpc) is 2.50. The third kappa shape index (κ3) is 2.79. The van der Waals surface area contributed by atoms with Gasteiger partial charge in [0.2, 0.25) is 0 Å². The first-order chi connectivity index (χ1) is 9.12.